The van der Waals surface area contributed by atoms with Crippen LogP contribution in [-0.2, 0) is 21.4 Å². The number of carbonyl (C=O) groups is 1. The third-order valence-corrected chi connectivity index (χ3v) is 6.10. The van der Waals surface area contributed by atoms with Crippen LogP contribution < -0.4 is 5.32 Å². The molecule has 0 saturated carbocycles. The molecular weight excluding hydrogens is 428 g/mol. The first-order valence-electron chi connectivity index (χ1n) is 8.60. The van der Waals surface area contributed by atoms with Crippen LogP contribution in [0.3, 0.4) is 0 Å². The molecule has 2 rings (SSSR count). The summed E-state index contributed by atoms with van der Waals surface area (Å²) in [7, 11) is -3.82. The third kappa shape index (κ3) is 6.45. The first kappa shape index (κ1) is 21.6. The van der Waals surface area contributed by atoms with Gasteiger partial charge in [0.15, 0.2) is 0 Å². The van der Waals surface area contributed by atoms with E-state index in [4.69, 9.17) is 0 Å². The molecule has 0 heterocycles. The Labute approximate surface area is 170 Å². The van der Waals surface area contributed by atoms with Gasteiger partial charge in [0, 0.05) is 16.6 Å². The molecule has 0 spiro atoms. The van der Waals surface area contributed by atoms with Gasteiger partial charge in [0.25, 0.3) is 0 Å². The molecule has 0 radical (unpaired) electrons. The molecule has 2 aromatic carbocycles. The van der Waals surface area contributed by atoms with Gasteiger partial charge in [0.05, 0.1) is 11.4 Å². The van der Waals surface area contributed by atoms with Crippen molar-refractivity contribution < 1.29 is 13.2 Å². The Morgan fingerprint density at radius 3 is 2.11 bits per heavy atom. The SMILES string of the molecule is Cc1ccc(S(=O)(=O)N(CC(=O)NC(C)(C)C)Cc2ccc(Br)cc2)cc1. The second kappa shape index (κ2) is 8.54. The number of halogens is 1. The van der Waals surface area contributed by atoms with Crippen molar-refractivity contribution in [3.63, 3.8) is 0 Å². The van der Waals surface area contributed by atoms with Crippen LogP contribution in [0.25, 0.3) is 0 Å². The van der Waals surface area contributed by atoms with Crippen LogP contribution in [0.2, 0.25) is 0 Å². The molecule has 0 saturated heterocycles. The Balaban J connectivity index is 2.34. The van der Waals surface area contributed by atoms with Gasteiger partial charge >= 0.3 is 0 Å². The predicted octanol–water partition coefficient (Wildman–Crippen LogP) is 3.86. The maximum atomic E-state index is 13.2. The molecule has 27 heavy (non-hydrogen) atoms. The van der Waals surface area contributed by atoms with Gasteiger partial charge in [-0.15, -0.1) is 0 Å². The summed E-state index contributed by atoms with van der Waals surface area (Å²) in [5.74, 6) is -0.338. The first-order chi connectivity index (χ1) is 12.5. The number of aryl methyl sites for hydroxylation is 1. The molecule has 0 aromatic heterocycles. The highest BCUT2D eigenvalue weighted by Crippen LogP contribution is 2.20. The smallest absolute Gasteiger partial charge is 0.243 e. The van der Waals surface area contributed by atoms with E-state index in [1.807, 2.05) is 52.0 Å². The van der Waals surface area contributed by atoms with E-state index in [0.717, 1.165) is 15.6 Å². The molecule has 7 heteroatoms. The van der Waals surface area contributed by atoms with E-state index in [0.29, 0.717) is 0 Å². The number of nitrogens with zero attached hydrogens (tertiary/aromatic N) is 1. The van der Waals surface area contributed by atoms with Crippen LogP contribution in [0.15, 0.2) is 57.9 Å². The number of nitrogens with one attached hydrogen (secondary N) is 1. The number of sulfonamides is 1. The van der Waals surface area contributed by atoms with Crippen LogP contribution in [0.1, 0.15) is 31.9 Å². The molecule has 2 aromatic rings. The Morgan fingerprint density at radius 1 is 1.04 bits per heavy atom. The molecule has 1 N–H and O–H groups in total. The number of hydrogen-bond donors (Lipinski definition) is 1. The number of rotatable bonds is 6. The molecule has 0 aliphatic carbocycles. The van der Waals surface area contributed by atoms with Crippen molar-refractivity contribution >= 4 is 31.9 Å². The molecular formula is C20H25BrN2O3S. The second-order valence-corrected chi connectivity index (χ2v) is 10.4. The maximum absolute atomic E-state index is 13.2. The van der Waals surface area contributed by atoms with E-state index in [1.165, 1.54) is 4.31 Å². The second-order valence-electron chi connectivity index (χ2n) is 7.51. The minimum Gasteiger partial charge on any atom is -0.350 e. The summed E-state index contributed by atoms with van der Waals surface area (Å²) in [5, 5.41) is 2.82. The van der Waals surface area contributed by atoms with Gasteiger partial charge < -0.3 is 5.32 Å². The highest BCUT2D eigenvalue weighted by atomic mass is 79.9. The maximum Gasteiger partial charge on any atom is 0.243 e. The summed E-state index contributed by atoms with van der Waals surface area (Å²) in [4.78, 5) is 12.6. The normalized spacial score (nSPS) is 12.2. The zero-order chi connectivity index (χ0) is 20.2. The lowest BCUT2D eigenvalue weighted by molar-refractivity contribution is -0.122. The number of amides is 1. The topological polar surface area (TPSA) is 66.5 Å². The lowest BCUT2D eigenvalue weighted by atomic mass is 10.1. The monoisotopic (exact) mass is 452 g/mol. The Bertz CT molecular complexity index is 886. The average molecular weight is 453 g/mol. The van der Waals surface area contributed by atoms with Crippen LogP contribution in [0, 0.1) is 6.92 Å². The van der Waals surface area contributed by atoms with E-state index in [-0.39, 0.29) is 23.9 Å². The van der Waals surface area contributed by atoms with Gasteiger partial charge in [0.2, 0.25) is 15.9 Å². The highest BCUT2D eigenvalue weighted by molar-refractivity contribution is 9.10. The van der Waals surface area contributed by atoms with Gasteiger partial charge in [-0.3, -0.25) is 4.79 Å². The fraction of sp³-hybridized carbons (Fsp3) is 0.350. The summed E-state index contributed by atoms with van der Waals surface area (Å²) in [6.45, 7) is 7.34. The van der Waals surface area contributed by atoms with Gasteiger partial charge in [-0.1, -0.05) is 45.8 Å². The molecule has 0 aliphatic heterocycles. The van der Waals surface area contributed by atoms with Crippen LogP contribution in [-0.4, -0.2) is 30.7 Å². The quantitative estimate of drug-likeness (QED) is 0.723. The molecule has 0 atom stereocenters. The van der Waals surface area contributed by atoms with Crippen LogP contribution >= 0.6 is 15.9 Å². The van der Waals surface area contributed by atoms with E-state index in [9.17, 15) is 13.2 Å². The van der Waals surface area contributed by atoms with Crippen molar-refractivity contribution in [2.75, 3.05) is 6.54 Å². The molecule has 0 aliphatic rings. The fourth-order valence-corrected chi connectivity index (χ4v) is 4.15. The summed E-state index contributed by atoms with van der Waals surface area (Å²) >= 11 is 3.37. The third-order valence-electron chi connectivity index (χ3n) is 3.77. The Morgan fingerprint density at radius 2 is 1.59 bits per heavy atom. The average Bonchev–Trinajstić information content (AvgIpc) is 2.55. The van der Waals surface area contributed by atoms with E-state index in [2.05, 4.69) is 21.2 Å². The summed E-state index contributed by atoms with van der Waals surface area (Å²) in [5.41, 5.74) is 1.34. The molecule has 1 amide bonds. The Hall–Kier alpha value is -1.70. The van der Waals surface area contributed by atoms with E-state index < -0.39 is 15.6 Å². The number of carbonyl (C=O) groups excluding carboxylic acids is 1. The molecule has 0 unspecified atom stereocenters. The van der Waals surface area contributed by atoms with Gasteiger partial charge in [-0.05, 0) is 57.5 Å². The van der Waals surface area contributed by atoms with Crippen molar-refractivity contribution in [3.05, 3.63) is 64.1 Å². The zero-order valence-electron chi connectivity index (χ0n) is 16.0. The van der Waals surface area contributed by atoms with Crippen molar-refractivity contribution in [1.29, 1.82) is 0 Å². The lowest BCUT2D eigenvalue weighted by Crippen LogP contribution is -2.47. The van der Waals surface area contributed by atoms with E-state index >= 15 is 0 Å². The van der Waals surface area contributed by atoms with Crippen LogP contribution in [0.4, 0.5) is 0 Å². The molecule has 0 bridgehead atoms. The number of hydrogen-bond acceptors (Lipinski definition) is 3. The fourth-order valence-electron chi connectivity index (χ4n) is 2.50. The van der Waals surface area contributed by atoms with Crippen molar-refractivity contribution in [2.24, 2.45) is 0 Å². The largest absolute Gasteiger partial charge is 0.350 e. The molecule has 0 fully saturated rings. The van der Waals surface area contributed by atoms with E-state index in [1.54, 1.807) is 24.3 Å². The predicted molar refractivity (Wildman–Crippen MR) is 111 cm³/mol. The lowest BCUT2D eigenvalue weighted by Gasteiger charge is -2.25. The summed E-state index contributed by atoms with van der Waals surface area (Å²) in [6, 6.07) is 14.0. The standard InChI is InChI=1S/C20H25BrN2O3S/c1-15-5-11-18(12-6-15)27(25,26)23(14-19(24)22-20(2,3)4)13-16-7-9-17(21)10-8-16/h5-12H,13-14H2,1-4H3,(H,22,24). The van der Waals surface area contributed by atoms with Crippen molar-refractivity contribution in [2.45, 2.75) is 44.7 Å². The van der Waals surface area contributed by atoms with Gasteiger partial charge in [-0.25, -0.2) is 8.42 Å². The summed E-state index contributed by atoms with van der Waals surface area (Å²) < 4.78 is 28.4. The zero-order valence-corrected chi connectivity index (χ0v) is 18.4. The summed E-state index contributed by atoms with van der Waals surface area (Å²) in [6.07, 6.45) is 0. The molecule has 146 valence electrons. The number of benzene rings is 2. The van der Waals surface area contributed by atoms with Crippen molar-refractivity contribution in [1.82, 2.24) is 9.62 Å². The Kier molecular flexibility index (Phi) is 6.83. The minimum atomic E-state index is -3.82. The van der Waals surface area contributed by atoms with Gasteiger partial charge in [-0.2, -0.15) is 4.31 Å². The minimum absolute atomic E-state index is 0.112. The molecule has 5 nitrogen and oxygen atoms in total. The highest BCUT2D eigenvalue weighted by Gasteiger charge is 2.28. The first-order valence-corrected chi connectivity index (χ1v) is 10.8. The van der Waals surface area contributed by atoms with Crippen molar-refractivity contribution in [3.8, 4) is 0 Å². The van der Waals surface area contributed by atoms with Gasteiger partial charge in [0.1, 0.15) is 0 Å². The van der Waals surface area contributed by atoms with Crippen LogP contribution in [0.5, 0.6) is 0 Å².